The van der Waals surface area contributed by atoms with Crippen LogP contribution in [0.15, 0.2) is 36.4 Å². The van der Waals surface area contributed by atoms with E-state index in [2.05, 4.69) is 10.9 Å². The van der Waals surface area contributed by atoms with Crippen LogP contribution < -0.4 is 15.6 Å². The van der Waals surface area contributed by atoms with Crippen LogP contribution >= 0.6 is 11.3 Å². The van der Waals surface area contributed by atoms with Gasteiger partial charge in [-0.25, -0.2) is 0 Å². The maximum absolute atomic E-state index is 12.1. The standard InChI is InChI=1S/C19H22N2O3S/c22-18(11-6-12-24-15-8-2-1-3-9-15)20-21-19(23)17-13-14-7-4-5-10-16(14)25-17/h1-3,8-9,13H,4-7,10-12H2,(H,20,22)(H,21,23). The molecule has 0 saturated carbocycles. The van der Waals surface area contributed by atoms with Crippen LogP contribution in [-0.4, -0.2) is 18.4 Å². The monoisotopic (exact) mass is 358 g/mol. The van der Waals surface area contributed by atoms with E-state index in [0.29, 0.717) is 24.3 Å². The van der Waals surface area contributed by atoms with E-state index in [4.69, 9.17) is 4.74 Å². The molecule has 1 heterocycles. The van der Waals surface area contributed by atoms with Gasteiger partial charge in [-0.3, -0.25) is 20.4 Å². The summed E-state index contributed by atoms with van der Waals surface area (Å²) < 4.78 is 5.53. The van der Waals surface area contributed by atoms with Crippen molar-refractivity contribution in [3.63, 3.8) is 0 Å². The molecule has 2 aromatic rings. The predicted octanol–water partition coefficient (Wildman–Crippen LogP) is 3.25. The van der Waals surface area contributed by atoms with Crippen molar-refractivity contribution in [1.29, 1.82) is 0 Å². The molecule has 3 rings (SSSR count). The van der Waals surface area contributed by atoms with Crippen LogP contribution in [0.5, 0.6) is 5.75 Å². The second-order valence-corrected chi connectivity index (χ2v) is 7.17. The zero-order chi connectivity index (χ0) is 17.5. The number of para-hydroxylation sites is 1. The van der Waals surface area contributed by atoms with E-state index in [0.717, 1.165) is 18.6 Å². The van der Waals surface area contributed by atoms with E-state index < -0.39 is 0 Å². The number of benzene rings is 1. The third-order valence-corrected chi connectivity index (χ3v) is 5.33. The number of carbonyl (C=O) groups excluding carboxylic acids is 2. The Balaban J connectivity index is 1.35. The number of fused-ring (bicyclic) bond motifs is 1. The zero-order valence-electron chi connectivity index (χ0n) is 14.0. The molecule has 6 heteroatoms. The number of nitrogens with one attached hydrogen (secondary N) is 2. The first-order valence-corrected chi connectivity index (χ1v) is 9.42. The molecule has 0 aliphatic heterocycles. The van der Waals surface area contributed by atoms with E-state index in [9.17, 15) is 9.59 Å². The fraction of sp³-hybridized carbons (Fsp3) is 0.368. The van der Waals surface area contributed by atoms with E-state index in [1.807, 2.05) is 36.4 Å². The maximum atomic E-state index is 12.1. The van der Waals surface area contributed by atoms with Gasteiger partial charge in [0.25, 0.3) is 5.91 Å². The van der Waals surface area contributed by atoms with E-state index in [-0.39, 0.29) is 11.8 Å². The number of hydrazine groups is 1. The van der Waals surface area contributed by atoms with Crippen LogP contribution in [-0.2, 0) is 17.6 Å². The minimum absolute atomic E-state index is 0.216. The second kappa shape index (κ2) is 8.67. The molecule has 0 fully saturated rings. The number of amides is 2. The summed E-state index contributed by atoms with van der Waals surface area (Å²) >= 11 is 1.53. The molecule has 0 spiro atoms. The number of rotatable bonds is 6. The lowest BCUT2D eigenvalue weighted by atomic mass is 9.99. The highest BCUT2D eigenvalue weighted by Gasteiger charge is 2.17. The Labute approximate surface area is 151 Å². The number of hydrogen-bond donors (Lipinski definition) is 2. The third-order valence-electron chi connectivity index (χ3n) is 4.10. The molecule has 0 atom stereocenters. The molecule has 1 aromatic carbocycles. The van der Waals surface area contributed by atoms with Crippen LogP contribution in [0.3, 0.4) is 0 Å². The average molecular weight is 358 g/mol. The number of thiophene rings is 1. The lowest BCUT2D eigenvalue weighted by Crippen LogP contribution is -2.41. The van der Waals surface area contributed by atoms with Crippen molar-refractivity contribution in [2.45, 2.75) is 38.5 Å². The van der Waals surface area contributed by atoms with Crippen LogP contribution in [0, 0.1) is 0 Å². The first-order chi connectivity index (χ1) is 12.2. The van der Waals surface area contributed by atoms with Crippen LogP contribution in [0.1, 0.15) is 45.8 Å². The smallest absolute Gasteiger partial charge is 0.279 e. The molecule has 0 bridgehead atoms. The minimum atomic E-state index is -0.242. The topological polar surface area (TPSA) is 67.4 Å². The summed E-state index contributed by atoms with van der Waals surface area (Å²) in [5.74, 6) is 0.331. The van der Waals surface area contributed by atoms with Gasteiger partial charge in [0, 0.05) is 11.3 Å². The highest BCUT2D eigenvalue weighted by Crippen LogP contribution is 2.29. The van der Waals surface area contributed by atoms with Crippen molar-refractivity contribution in [3.8, 4) is 5.75 Å². The summed E-state index contributed by atoms with van der Waals surface area (Å²) in [6.45, 7) is 0.461. The van der Waals surface area contributed by atoms with Gasteiger partial charge in [-0.15, -0.1) is 11.3 Å². The Morgan fingerprint density at radius 1 is 1.08 bits per heavy atom. The van der Waals surface area contributed by atoms with Gasteiger partial charge in [-0.2, -0.15) is 0 Å². The molecular formula is C19H22N2O3S. The van der Waals surface area contributed by atoms with Gasteiger partial charge < -0.3 is 4.74 Å². The number of carbonyl (C=O) groups is 2. The van der Waals surface area contributed by atoms with E-state index in [1.165, 1.54) is 34.6 Å². The fourth-order valence-electron chi connectivity index (χ4n) is 2.79. The number of ether oxygens (including phenoxy) is 1. The van der Waals surface area contributed by atoms with Crippen molar-refractivity contribution in [2.24, 2.45) is 0 Å². The summed E-state index contributed by atoms with van der Waals surface area (Å²) in [5, 5.41) is 0. The lowest BCUT2D eigenvalue weighted by molar-refractivity contribution is -0.122. The van der Waals surface area contributed by atoms with Gasteiger partial charge in [0.2, 0.25) is 5.91 Å². The Morgan fingerprint density at radius 2 is 1.88 bits per heavy atom. The van der Waals surface area contributed by atoms with Crippen LogP contribution in [0.25, 0.3) is 0 Å². The van der Waals surface area contributed by atoms with Gasteiger partial charge in [0.1, 0.15) is 5.75 Å². The Bertz CT molecular complexity index is 704. The highest BCUT2D eigenvalue weighted by atomic mass is 32.1. The van der Waals surface area contributed by atoms with Crippen molar-refractivity contribution in [2.75, 3.05) is 6.61 Å². The first kappa shape index (κ1) is 17.5. The predicted molar refractivity (Wildman–Crippen MR) is 97.7 cm³/mol. The molecule has 1 aliphatic rings. The highest BCUT2D eigenvalue weighted by molar-refractivity contribution is 7.14. The molecule has 2 N–H and O–H groups in total. The van der Waals surface area contributed by atoms with Gasteiger partial charge >= 0.3 is 0 Å². The van der Waals surface area contributed by atoms with Gasteiger partial charge in [-0.1, -0.05) is 18.2 Å². The Morgan fingerprint density at radius 3 is 2.68 bits per heavy atom. The van der Waals surface area contributed by atoms with Crippen molar-refractivity contribution < 1.29 is 14.3 Å². The SMILES string of the molecule is O=C(CCCOc1ccccc1)NNC(=O)c1cc2c(s1)CCCC2. The van der Waals surface area contributed by atoms with Crippen LogP contribution in [0.4, 0.5) is 0 Å². The van der Waals surface area contributed by atoms with Gasteiger partial charge in [-0.05, 0) is 55.9 Å². The molecule has 1 aromatic heterocycles. The molecule has 0 saturated heterocycles. The average Bonchev–Trinajstić information content (AvgIpc) is 3.08. The lowest BCUT2D eigenvalue weighted by Gasteiger charge is -2.08. The zero-order valence-corrected chi connectivity index (χ0v) is 14.9. The van der Waals surface area contributed by atoms with Crippen LogP contribution in [0.2, 0.25) is 0 Å². The normalized spacial score (nSPS) is 13.0. The van der Waals surface area contributed by atoms with Gasteiger partial charge in [0.15, 0.2) is 0 Å². The molecule has 25 heavy (non-hydrogen) atoms. The molecule has 132 valence electrons. The minimum Gasteiger partial charge on any atom is -0.494 e. The van der Waals surface area contributed by atoms with E-state index >= 15 is 0 Å². The summed E-state index contributed by atoms with van der Waals surface area (Å²) in [5.41, 5.74) is 6.25. The molecule has 0 radical (unpaired) electrons. The molecule has 1 aliphatic carbocycles. The summed E-state index contributed by atoms with van der Waals surface area (Å²) in [7, 11) is 0. The van der Waals surface area contributed by atoms with Crippen molar-refractivity contribution >= 4 is 23.2 Å². The molecule has 0 unspecified atom stereocenters. The van der Waals surface area contributed by atoms with Crippen molar-refractivity contribution in [1.82, 2.24) is 10.9 Å². The Kier molecular flexibility index (Phi) is 6.06. The maximum Gasteiger partial charge on any atom is 0.279 e. The van der Waals surface area contributed by atoms with Gasteiger partial charge in [0.05, 0.1) is 11.5 Å². The largest absolute Gasteiger partial charge is 0.494 e. The van der Waals surface area contributed by atoms with E-state index in [1.54, 1.807) is 0 Å². The summed E-state index contributed by atoms with van der Waals surface area (Å²) in [6, 6.07) is 11.4. The fourth-order valence-corrected chi connectivity index (χ4v) is 3.94. The first-order valence-electron chi connectivity index (χ1n) is 8.61. The second-order valence-electron chi connectivity index (χ2n) is 6.03. The molecule has 5 nitrogen and oxygen atoms in total. The summed E-state index contributed by atoms with van der Waals surface area (Å²) in [4.78, 5) is 25.9. The third kappa shape index (κ3) is 5.06. The number of aryl methyl sites for hydroxylation is 2. The quantitative estimate of drug-likeness (QED) is 0.615. The Hall–Kier alpha value is -2.34. The molecular weight excluding hydrogens is 336 g/mol. The van der Waals surface area contributed by atoms with Crippen molar-refractivity contribution in [3.05, 3.63) is 51.7 Å². The number of hydrogen-bond acceptors (Lipinski definition) is 4. The molecule has 2 amide bonds. The summed E-state index contributed by atoms with van der Waals surface area (Å²) in [6.07, 6.45) is 5.37.